The van der Waals surface area contributed by atoms with Crippen molar-refractivity contribution >= 4 is 77.3 Å². The van der Waals surface area contributed by atoms with Crippen LogP contribution in [-0.2, 0) is 78.6 Å². The van der Waals surface area contributed by atoms with E-state index in [0.29, 0.717) is 101 Å². The first-order valence-corrected chi connectivity index (χ1v) is 29.6. The van der Waals surface area contributed by atoms with Gasteiger partial charge >= 0.3 is 5.97 Å². The molecule has 4 aromatic rings. The minimum atomic E-state index is -1.16. The molecule has 3 aliphatic rings. The Morgan fingerprint density at radius 2 is 1.54 bits per heavy atom. The number of aryl methyl sites for hydroxylation is 1. The van der Waals surface area contributed by atoms with Gasteiger partial charge in [0.2, 0.25) is 47.8 Å². The lowest BCUT2D eigenvalue weighted by Gasteiger charge is -2.29. The number of benzene rings is 2. The normalized spacial score (nSPS) is 14.9. The Kier molecular flexibility index (Phi) is 27.0. The van der Waals surface area contributed by atoms with Crippen LogP contribution in [-0.4, -0.2) is 119 Å². The van der Waals surface area contributed by atoms with Gasteiger partial charge in [-0.1, -0.05) is 104 Å². The summed E-state index contributed by atoms with van der Waals surface area (Å²) in [5.74, 6) is -5.43. The van der Waals surface area contributed by atoms with Crippen molar-refractivity contribution < 1.29 is 57.0 Å². The number of pyridine rings is 2. The number of nitrogens with zero attached hydrogens (tertiary/aromatic N) is 3. The Bertz CT molecular complexity index is 3060. The van der Waals surface area contributed by atoms with Crippen LogP contribution >= 0.6 is 12.6 Å². The first-order chi connectivity index (χ1) is 40.3. The summed E-state index contributed by atoms with van der Waals surface area (Å²) in [6, 6.07) is 10.2. The number of carbonyl (C=O) groups excluding carboxylic acids is 9. The van der Waals surface area contributed by atoms with Crippen molar-refractivity contribution in [3.8, 4) is 11.4 Å². The molecule has 7 rings (SSSR count). The van der Waals surface area contributed by atoms with Gasteiger partial charge in [0.15, 0.2) is 0 Å². The SMILES string of the molecule is CCC.CCC1C(=O)OCc2c1cc1n(c2=O)Cc2c-1nc1cc(F)c(C)c3c1c2C(NC(=O)COCNC(=O)CNC(=O)C(Cc1ccccc1)NC(=O)CNC(=O)CNC(=O)CCCCCN(C=O)C(=O)CC(C)S)CC3.CCCCC. The van der Waals surface area contributed by atoms with Crippen LogP contribution in [0.5, 0.6) is 0 Å². The van der Waals surface area contributed by atoms with Crippen molar-refractivity contribution in [1.82, 2.24) is 46.4 Å². The molecule has 0 spiro atoms. The maximum absolute atomic E-state index is 15.4. The van der Waals surface area contributed by atoms with Crippen molar-refractivity contribution in [1.29, 1.82) is 0 Å². The molecule has 0 saturated heterocycles. The molecule has 84 heavy (non-hydrogen) atoms. The Morgan fingerprint density at radius 3 is 2.20 bits per heavy atom. The zero-order chi connectivity index (χ0) is 61.5. The van der Waals surface area contributed by atoms with Crippen LogP contribution in [0.15, 0.2) is 47.3 Å². The lowest BCUT2D eigenvalue weighted by Crippen LogP contribution is -2.52. The quantitative estimate of drug-likeness (QED) is 0.0112. The molecule has 2 aromatic carbocycles. The number of ether oxygens (including phenoxy) is 2. The van der Waals surface area contributed by atoms with E-state index in [9.17, 15) is 47.9 Å². The largest absolute Gasteiger partial charge is 0.460 e. The molecule has 0 radical (unpaired) electrons. The highest BCUT2D eigenvalue weighted by atomic mass is 32.1. The van der Waals surface area contributed by atoms with Gasteiger partial charge in [-0.25, -0.2) is 9.37 Å². The molecule has 21 nitrogen and oxygen atoms in total. The van der Waals surface area contributed by atoms with Crippen LogP contribution < -0.4 is 37.5 Å². The number of cyclic esters (lactones) is 1. The lowest BCUT2D eigenvalue weighted by molar-refractivity contribution is -0.148. The number of aromatic nitrogens is 2. The van der Waals surface area contributed by atoms with Crippen LogP contribution in [0.25, 0.3) is 22.3 Å². The Labute approximate surface area is 495 Å². The standard InChI is InChI=1S/C53H62FN9O12S.C5H12.C3H8/c1-4-32-34-19-41-50-35(24-63(41)52(72)36(34)25-75-53(32)73)49-38(15-14-33-30(3)37(54)20-39(61-50)48(33)49)59-46(69)26-74-27-58-44(67)22-57-51(71)40(18-31-11-7-5-8-12-31)60-45(68)23-56-43(66)21-55-42(65)13-9-6-10-16-62(28-64)47(70)17-29(2)76;1-3-5-4-2;1-3-2/h5,7-8,11-12,19-20,28-29,32,38,40,76H,4,6,9-10,13-18,21-27H2,1-3H3,(H,55,65)(H,56,66)(H,57,71)(H,58,67)(H,59,69)(H,60,68);3-5H2,1-2H3;3H2,1-2H3. The molecule has 2 aliphatic heterocycles. The van der Waals surface area contributed by atoms with Crippen LogP contribution in [0.4, 0.5) is 4.39 Å². The van der Waals surface area contributed by atoms with Gasteiger partial charge in [0.1, 0.15) is 31.8 Å². The van der Waals surface area contributed by atoms with Gasteiger partial charge in [-0.15, -0.1) is 0 Å². The number of hydrogen-bond donors (Lipinski definition) is 7. The van der Waals surface area contributed by atoms with Crippen molar-refractivity contribution in [2.45, 2.75) is 168 Å². The highest BCUT2D eigenvalue weighted by Crippen LogP contribution is 2.45. The Hall–Kier alpha value is -7.53. The molecule has 2 aromatic heterocycles. The summed E-state index contributed by atoms with van der Waals surface area (Å²) < 4.78 is 27.8. The minimum Gasteiger partial charge on any atom is -0.460 e. The molecule has 4 unspecified atom stereocenters. The van der Waals surface area contributed by atoms with Crippen molar-refractivity contribution in [2.24, 2.45) is 0 Å². The summed E-state index contributed by atoms with van der Waals surface area (Å²) in [4.78, 5) is 133. The zero-order valence-electron chi connectivity index (χ0n) is 49.3. The summed E-state index contributed by atoms with van der Waals surface area (Å²) in [6.07, 6.45) is 8.86. The van der Waals surface area contributed by atoms with E-state index >= 15 is 4.39 Å². The van der Waals surface area contributed by atoms with E-state index < -0.39 is 98.2 Å². The number of nitrogens with one attached hydrogen (secondary N) is 6. The first kappa shape index (κ1) is 67.3. The van der Waals surface area contributed by atoms with Gasteiger partial charge in [-0.3, -0.25) is 52.8 Å². The number of fused-ring (bicyclic) bond motifs is 5. The molecule has 0 saturated carbocycles. The van der Waals surface area contributed by atoms with Crippen LogP contribution in [0.3, 0.4) is 0 Å². The average Bonchev–Trinajstić information content (AvgIpc) is 2.00. The van der Waals surface area contributed by atoms with Crippen LogP contribution in [0, 0.1) is 12.7 Å². The smallest absolute Gasteiger partial charge is 0.313 e. The average molecular weight is 1180 g/mol. The van der Waals surface area contributed by atoms with Gasteiger partial charge in [-0.05, 0) is 72.9 Å². The monoisotopic (exact) mass is 1180 g/mol. The number of hydrogen-bond acceptors (Lipinski definition) is 14. The number of unbranched alkanes of at least 4 members (excludes halogenated alkanes) is 4. The third kappa shape index (κ3) is 18.7. The van der Waals surface area contributed by atoms with Gasteiger partial charge in [0.25, 0.3) is 5.56 Å². The fourth-order valence-electron chi connectivity index (χ4n) is 10.1. The fraction of sp³-hybridized carbons (Fsp3) is 0.525. The maximum Gasteiger partial charge on any atom is 0.313 e. The number of amides is 8. The number of imide groups is 1. The predicted octanol–water partition coefficient (Wildman–Crippen LogP) is 5.56. The van der Waals surface area contributed by atoms with E-state index in [1.807, 2.05) is 6.92 Å². The third-order valence-electron chi connectivity index (χ3n) is 14.3. The van der Waals surface area contributed by atoms with E-state index in [1.54, 1.807) is 54.8 Å². The summed E-state index contributed by atoms with van der Waals surface area (Å²) in [7, 11) is 0. The maximum atomic E-state index is 15.4. The number of rotatable bonds is 27. The Balaban J connectivity index is 0.00000151. The molecule has 23 heteroatoms. The molecule has 8 amide bonds. The molecular weight excluding hydrogens is 1100 g/mol. The molecule has 1 aliphatic carbocycles. The molecule has 6 N–H and O–H groups in total. The third-order valence-corrected chi connectivity index (χ3v) is 14.5. The zero-order valence-corrected chi connectivity index (χ0v) is 50.2. The summed E-state index contributed by atoms with van der Waals surface area (Å²) in [5.41, 5.74) is 5.36. The second kappa shape index (κ2) is 33.7. The topological polar surface area (TPSA) is 282 Å². The fourth-order valence-corrected chi connectivity index (χ4v) is 10.3. The summed E-state index contributed by atoms with van der Waals surface area (Å²) in [5, 5.41) is 16.0. The first-order valence-electron chi connectivity index (χ1n) is 29.1. The van der Waals surface area contributed by atoms with Gasteiger partial charge in [-0.2, -0.15) is 12.6 Å². The van der Waals surface area contributed by atoms with Crippen molar-refractivity contribution in [2.75, 3.05) is 39.5 Å². The lowest BCUT2D eigenvalue weighted by atomic mass is 9.81. The van der Waals surface area contributed by atoms with E-state index in [4.69, 9.17) is 14.5 Å². The minimum absolute atomic E-state index is 0.0434. The Morgan fingerprint density at radius 1 is 0.857 bits per heavy atom. The van der Waals surface area contributed by atoms with Gasteiger partial charge < -0.3 is 45.9 Å². The van der Waals surface area contributed by atoms with E-state index in [1.165, 1.54) is 31.7 Å². The molecule has 4 heterocycles. The van der Waals surface area contributed by atoms with Crippen LogP contribution in [0.2, 0.25) is 0 Å². The number of halogens is 1. The van der Waals surface area contributed by atoms with Crippen molar-refractivity contribution in [3.63, 3.8) is 0 Å². The molecule has 0 bridgehead atoms. The second-order valence-corrected chi connectivity index (χ2v) is 22.0. The molecule has 4 atom stereocenters. The molecule has 456 valence electrons. The van der Waals surface area contributed by atoms with Crippen molar-refractivity contribution in [3.05, 3.63) is 97.6 Å². The van der Waals surface area contributed by atoms with E-state index in [-0.39, 0.29) is 55.7 Å². The number of carbonyl (C=O) groups is 9. The highest BCUT2D eigenvalue weighted by Gasteiger charge is 2.38. The highest BCUT2D eigenvalue weighted by molar-refractivity contribution is 7.80. The predicted molar refractivity (Wildman–Crippen MR) is 318 cm³/mol. The number of thiol groups is 1. The van der Waals surface area contributed by atoms with Gasteiger partial charge in [0, 0.05) is 48.1 Å². The van der Waals surface area contributed by atoms with Gasteiger partial charge in [0.05, 0.1) is 60.6 Å². The van der Waals surface area contributed by atoms with Crippen LogP contribution in [0.1, 0.15) is 163 Å². The summed E-state index contributed by atoms with van der Waals surface area (Å²) in [6.45, 7) is 11.9. The van der Waals surface area contributed by atoms with E-state index in [2.05, 4.69) is 72.2 Å². The molecular formula is C61H82FN9O12S. The van der Waals surface area contributed by atoms with E-state index in [0.717, 1.165) is 10.5 Å². The number of esters is 1. The summed E-state index contributed by atoms with van der Waals surface area (Å²) >= 11 is 4.17. The molecule has 0 fully saturated rings. The second-order valence-electron chi connectivity index (χ2n) is 21.1.